The van der Waals surface area contributed by atoms with E-state index in [0.29, 0.717) is 0 Å². The van der Waals surface area contributed by atoms with Gasteiger partial charge in [-0.15, -0.1) is 0 Å². The Morgan fingerprint density at radius 1 is 1.50 bits per heavy atom. The van der Waals surface area contributed by atoms with E-state index < -0.39 is 0 Å². The maximum atomic E-state index is 6.22. The Kier molecular flexibility index (Phi) is 4.79. The molecule has 0 saturated heterocycles. The number of halogens is 1. The summed E-state index contributed by atoms with van der Waals surface area (Å²) in [5, 5.41) is 7.69. The molecule has 1 heterocycles. The lowest BCUT2D eigenvalue weighted by Crippen LogP contribution is -2.25. The predicted molar refractivity (Wildman–Crippen MR) is 77.4 cm³/mol. The summed E-state index contributed by atoms with van der Waals surface area (Å²) in [6, 6.07) is 8.31. The highest BCUT2D eigenvalue weighted by Crippen LogP contribution is 2.36. The fourth-order valence-electron chi connectivity index (χ4n) is 1.67. The van der Waals surface area contributed by atoms with Gasteiger partial charge >= 0.3 is 0 Å². The van der Waals surface area contributed by atoms with Gasteiger partial charge in [-0.3, -0.25) is 5.10 Å². The summed E-state index contributed by atoms with van der Waals surface area (Å²) in [4.78, 5) is 4.15. The first kappa shape index (κ1) is 13.6. The highest BCUT2D eigenvalue weighted by atomic mass is 79.9. The van der Waals surface area contributed by atoms with Crippen molar-refractivity contribution < 1.29 is 0 Å². The molecule has 0 aliphatic carbocycles. The van der Waals surface area contributed by atoms with Crippen LogP contribution in [0.15, 0.2) is 40.2 Å². The van der Waals surface area contributed by atoms with Gasteiger partial charge in [0.2, 0.25) is 0 Å². The average Bonchev–Trinajstić information content (AvgIpc) is 2.88. The van der Waals surface area contributed by atoms with Gasteiger partial charge in [-0.2, -0.15) is 5.10 Å². The number of hydrogen-bond donors (Lipinski definition) is 2. The number of H-pyrrole nitrogens is 1. The van der Waals surface area contributed by atoms with E-state index in [4.69, 9.17) is 5.73 Å². The molecule has 1 aromatic carbocycles. The molecule has 0 spiro atoms. The SMILES string of the molecule is CCC(N)C(Sc1ncn[nH]1)c1cccc(Br)c1. The molecule has 0 radical (unpaired) electrons. The van der Waals surface area contributed by atoms with Gasteiger partial charge < -0.3 is 5.73 Å². The van der Waals surface area contributed by atoms with Gasteiger partial charge in [0.25, 0.3) is 0 Å². The fourth-order valence-corrected chi connectivity index (χ4v) is 3.19. The predicted octanol–water partition coefficient (Wildman–Crippen LogP) is 3.14. The van der Waals surface area contributed by atoms with Crippen molar-refractivity contribution >= 4 is 27.7 Å². The van der Waals surface area contributed by atoms with Gasteiger partial charge in [0.1, 0.15) is 6.33 Å². The van der Waals surface area contributed by atoms with Crippen molar-refractivity contribution in [3.05, 3.63) is 40.6 Å². The molecule has 2 atom stereocenters. The maximum Gasteiger partial charge on any atom is 0.184 e. The van der Waals surface area contributed by atoms with Crippen LogP contribution >= 0.6 is 27.7 Å². The summed E-state index contributed by atoms with van der Waals surface area (Å²) in [5.41, 5.74) is 7.41. The van der Waals surface area contributed by atoms with Crippen LogP contribution < -0.4 is 5.73 Å². The molecule has 0 saturated carbocycles. The number of aromatic amines is 1. The lowest BCUT2D eigenvalue weighted by atomic mass is 10.0. The molecule has 1 aromatic heterocycles. The lowest BCUT2D eigenvalue weighted by molar-refractivity contribution is 0.632. The van der Waals surface area contributed by atoms with Crippen LogP contribution in [0.25, 0.3) is 0 Å². The minimum absolute atomic E-state index is 0.0781. The van der Waals surface area contributed by atoms with Crippen LogP contribution in [0.2, 0.25) is 0 Å². The highest BCUT2D eigenvalue weighted by molar-refractivity contribution is 9.10. The zero-order valence-electron chi connectivity index (χ0n) is 10.0. The van der Waals surface area contributed by atoms with Crippen molar-refractivity contribution in [1.29, 1.82) is 0 Å². The summed E-state index contributed by atoms with van der Waals surface area (Å²) in [6.07, 6.45) is 2.43. The molecule has 18 heavy (non-hydrogen) atoms. The first-order valence-electron chi connectivity index (χ1n) is 5.73. The molecule has 2 aromatic rings. The Hall–Kier alpha value is -0.850. The molecule has 0 aliphatic heterocycles. The van der Waals surface area contributed by atoms with E-state index in [2.05, 4.69) is 50.2 Å². The molecular formula is C12H15BrN4S. The van der Waals surface area contributed by atoms with Crippen LogP contribution in [0.4, 0.5) is 0 Å². The topological polar surface area (TPSA) is 67.6 Å². The van der Waals surface area contributed by atoms with E-state index in [-0.39, 0.29) is 11.3 Å². The molecular weight excluding hydrogens is 312 g/mol. The van der Waals surface area contributed by atoms with Crippen LogP contribution in [0.1, 0.15) is 24.2 Å². The Bertz CT molecular complexity index is 489. The quantitative estimate of drug-likeness (QED) is 0.828. The molecule has 4 nitrogen and oxygen atoms in total. The van der Waals surface area contributed by atoms with Crippen molar-refractivity contribution in [2.24, 2.45) is 5.73 Å². The second-order valence-electron chi connectivity index (χ2n) is 3.96. The maximum absolute atomic E-state index is 6.22. The van der Waals surface area contributed by atoms with Crippen LogP contribution in [-0.4, -0.2) is 21.2 Å². The number of rotatable bonds is 5. The minimum atomic E-state index is 0.0781. The van der Waals surface area contributed by atoms with E-state index >= 15 is 0 Å². The van der Waals surface area contributed by atoms with Crippen molar-refractivity contribution in [3.8, 4) is 0 Å². The zero-order valence-corrected chi connectivity index (χ0v) is 12.4. The molecule has 3 N–H and O–H groups in total. The second-order valence-corrected chi connectivity index (χ2v) is 6.00. The van der Waals surface area contributed by atoms with Gasteiger partial charge in [0.05, 0.1) is 5.25 Å². The van der Waals surface area contributed by atoms with E-state index in [1.54, 1.807) is 11.8 Å². The van der Waals surface area contributed by atoms with E-state index in [1.165, 1.54) is 11.9 Å². The third kappa shape index (κ3) is 3.34. The van der Waals surface area contributed by atoms with E-state index in [0.717, 1.165) is 16.0 Å². The number of aromatic nitrogens is 3. The summed E-state index contributed by atoms with van der Waals surface area (Å²) in [5.74, 6) is 0. The minimum Gasteiger partial charge on any atom is -0.326 e. The van der Waals surface area contributed by atoms with Crippen LogP contribution in [0, 0.1) is 0 Å². The first-order valence-corrected chi connectivity index (χ1v) is 7.41. The molecule has 2 rings (SSSR count). The number of hydrogen-bond acceptors (Lipinski definition) is 4. The highest BCUT2D eigenvalue weighted by Gasteiger charge is 2.21. The normalized spacial score (nSPS) is 14.4. The smallest absolute Gasteiger partial charge is 0.184 e. The Morgan fingerprint density at radius 2 is 2.33 bits per heavy atom. The average molecular weight is 327 g/mol. The number of nitrogens with two attached hydrogens (primary N) is 1. The molecule has 0 aliphatic rings. The number of thioether (sulfide) groups is 1. The van der Waals surface area contributed by atoms with E-state index in [1.807, 2.05) is 12.1 Å². The monoisotopic (exact) mass is 326 g/mol. The largest absolute Gasteiger partial charge is 0.326 e. The molecule has 6 heteroatoms. The van der Waals surface area contributed by atoms with Gasteiger partial charge in [-0.1, -0.05) is 46.7 Å². The fraction of sp³-hybridized carbons (Fsp3) is 0.333. The third-order valence-electron chi connectivity index (χ3n) is 2.67. The van der Waals surface area contributed by atoms with Gasteiger partial charge in [-0.05, 0) is 24.1 Å². The molecule has 2 unspecified atom stereocenters. The zero-order chi connectivity index (χ0) is 13.0. The standard InChI is InChI=1S/C12H15BrN4S/c1-2-10(14)11(18-12-15-7-16-17-12)8-4-3-5-9(13)6-8/h3-7,10-11H,2,14H2,1H3,(H,15,16,17). The van der Waals surface area contributed by atoms with Crippen LogP contribution in [0.3, 0.4) is 0 Å². The molecule has 0 fully saturated rings. The lowest BCUT2D eigenvalue weighted by Gasteiger charge is -2.21. The van der Waals surface area contributed by atoms with Gasteiger partial charge in [-0.25, -0.2) is 4.98 Å². The van der Waals surface area contributed by atoms with Crippen molar-refractivity contribution in [2.45, 2.75) is 29.8 Å². The number of nitrogens with zero attached hydrogens (tertiary/aromatic N) is 2. The Balaban J connectivity index is 2.25. The van der Waals surface area contributed by atoms with Crippen molar-refractivity contribution in [1.82, 2.24) is 15.2 Å². The number of benzene rings is 1. The van der Waals surface area contributed by atoms with E-state index in [9.17, 15) is 0 Å². The molecule has 0 bridgehead atoms. The van der Waals surface area contributed by atoms with Crippen LogP contribution in [0.5, 0.6) is 0 Å². The van der Waals surface area contributed by atoms with Gasteiger partial charge in [0, 0.05) is 10.5 Å². The third-order valence-corrected chi connectivity index (χ3v) is 4.46. The number of nitrogens with one attached hydrogen (secondary N) is 1. The Labute approximate surface area is 119 Å². The summed E-state index contributed by atoms with van der Waals surface area (Å²) >= 11 is 5.11. The molecule has 96 valence electrons. The van der Waals surface area contributed by atoms with Gasteiger partial charge in [0.15, 0.2) is 5.16 Å². The summed E-state index contributed by atoms with van der Waals surface area (Å²) in [7, 11) is 0. The van der Waals surface area contributed by atoms with Crippen molar-refractivity contribution in [3.63, 3.8) is 0 Å². The van der Waals surface area contributed by atoms with Crippen molar-refractivity contribution in [2.75, 3.05) is 0 Å². The summed E-state index contributed by atoms with van der Waals surface area (Å²) < 4.78 is 1.06. The molecule has 0 amide bonds. The second kappa shape index (κ2) is 6.36. The van der Waals surface area contributed by atoms with Crippen LogP contribution in [-0.2, 0) is 0 Å². The summed E-state index contributed by atoms with van der Waals surface area (Å²) in [6.45, 7) is 2.09. The Morgan fingerprint density at radius 3 is 2.94 bits per heavy atom. The first-order chi connectivity index (χ1) is 8.70.